The number of carbonyl (C=O) groups is 1. The summed E-state index contributed by atoms with van der Waals surface area (Å²) in [5.74, 6) is -0.0877. The summed E-state index contributed by atoms with van der Waals surface area (Å²) in [5.41, 5.74) is 5.41. The van der Waals surface area contributed by atoms with Gasteiger partial charge in [-0.1, -0.05) is 19.3 Å². The normalized spacial score (nSPS) is 24.6. The number of amides is 1. The van der Waals surface area contributed by atoms with Gasteiger partial charge >= 0.3 is 0 Å². The molecule has 1 aliphatic heterocycles. The van der Waals surface area contributed by atoms with Gasteiger partial charge in [-0.3, -0.25) is 15.6 Å². The fraction of sp³-hybridized carbons (Fsp3) is 0.833. The maximum Gasteiger partial charge on any atom is 0.243 e. The molecule has 5 nitrogen and oxygen atoms in total. The van der Waals surface area contributed by atoms with Crippen LogP contribution in [0.2, 0.25) is 0 Å². The number of rotatable bonds is 2. The summed E-state index contributed by atoms with van der Waals surface area (Å²) in [5, 5.41) is 3.75. The van der Waals surface area contributed by atoms with E-state index in [1.54, 1.807) is 0 Å². The maximum atomic E-state index is 11.7. The molecule has 0 aromatic rings. The van der Waals surface area contributed by atoms with Gasteiger partial charge in [0.1, 0.15) is 0 Å². The predicted octanol–water partition coefficient (Wildman–Crippen LogP) is 0.851. The van der Waals surface area contributed by atoms with Gasteiger partial charge < -0.3 is 10.1 Å². The van der Waals surface area contributed by atoms with Gasteiger partial charge in [-0.25, -0.2) is 0 Å². The molecule has 1 saturated heterocycles. The number of ether oxygens (including phenoxy) is 1. The molecule has 18 heavy (non-hydrogen) atoms. The Morgan fingerprint density at radius 2 is 1.89 bits per heavy atom. The third-order valence-electron chi connectivity index (χ3n) is 3.54. The summed E-state index contributed by atoms with van der Waals surface area (Å²) in [4.78, 5) is 11.7. The average molecular weight is 271 g/mol. The number of hydrazine groups is 1. The van der Waals surface area contributed by atoms with Crippen LogP contribution in [0.4, 0.5) is 0 Å². The highest BCUT2D eigenvalue weighted by Gasteiger charge is 2.23. The summed E-state index contributed by atoms with van der Waals surface area (Å²) >= 11 is 5.16. The van der Waals surface area contributed by atoms with Crippen molar-refractivity contribution in [3.05, 3.63) is 0 Å². The standard InChI is InChI=1S/C12H21N3O2S/c16-11(9-6-7-17-8-9)14-15-12(18)13-10-4-2-1-3-5-10/h9-10H,1-8H2,(H,14,16)(H2,13,15,18). The first kappa shape index (κ1) is 13.5. The Hall–Kier alpha value is -0.880. The first-order valence-electron chi connectivity index (χ1n) is 6.70. The predicted molar refractivity (Wildman–Crippen MR) is 72.8 cm³/mol. The van der Waals surface area contributed by atoms with Crippen LogP contribution in [0.15, 0.2) is 0 Å². The highest BCUT2D eigenvalue weighted by atomic mass is 32.1. The first-order chi connectivity index (χ1) is 8.75. The van der Waals surface area contributed by atoms with Gasteiger partial charge in [0, 0.05) is 12.6 Å². The molecule has 1 amide bonds. The van der Waals surface area contributed by atoms with Crippen molar-refractivity contribution in [2.75, 3.05) is 13.2 Å². The van der Waals surface area contributed by atoms with Crippen LogP contribution in [0.1, 0.15) is 38.5 Å². The monoisotopic (exact) mass is 271 g/mol. The van der Waals surface area contributed by atoms with Gasteiger partial charge in [0.25, 0.3) is 0 Å². The van der Waals surface area contributed by atoms with Gasteiger partial charge in [-0.05, 0) is 31.5 Å². The molecule has 102 valence electrons. The van der Waals surface area contributed by atoms with E-state index in [0.29, 0.717) is 24.4 Å². The third-order valence-corrected chi connectivity index (χ3v) is 3.76. The second kappa shape index (κ2) is 6.89. The van der Waals surface area contributed by atoms with Crippen molar-refractivity contribution in [2.45, 2.75) is 44.6 Å². The van der Waals surface area contributed by atoms with E-state index < -0.39 is 0 Å². The van der Waals surface area contributed by atoms with E-state index in [1.165, 1.54) is 19.3 Å². The molecule has 2 aliphatic rings. The highest BCUT2D eigenvalue weighted by molar-refractivity contribution is 7.80. The lowest BCUT2D eigenvalue weighted by Crippen LogP contribution is -2.51. The molecule has 1 heterocycles. The first-order valence-corrected chi connectivity index (χ1v) is 7.10. The van der Waals surface area contributed by atoms with Crippen molar-refractivity contribution >= 4 is 23.2 Å². The van der Waals surface area contributed by atoms with Crippen molar-refractivity contribution < 1.29 is 9.53 Å². The van der Waals surface area contributed by atoms with Gasteiger partial charge in [0.15, 0.2) is 5.11 Å². The van der Waals surface area contributed by atoms with Crippen LogP contribution in [0.25, 0.3) is 0 Å². The zero-order valence-corrected chi connectivity index (χ0v) is 11.4. The summed E-state index contributed by atoms with van der Waals surface area (Å²) in [6.07, 6.45) is 6.93. The molecule has 0 aromatic carbocycles. The molecule has 2 fully saturated rings. The molecule has 0 spiro atoms. The van der Waals surface area contributed by atoms with Gasteiger partial charge in [-0.15, -0.1) is 0 Å². The molecular formula is C12H21N3O2S. The van der Waals surface area contributed by atoms with Crippen molar-refractivity contribution in [1.29, 1.82) is 0 Å². The third kappa shape index (κ3) is 4.10. The minimum absolute atomic E-state index is 0.0414. The number of hydrogen-bond acceptors (Lipinski definition) is 3. The highest BCUT2D eigenvalue weighted by Crippen LogP contribution is 2.17. The van der Waals surface area contributed by atoms with Crippen LogP contribution in [0.5, 0.6) is 0 Å². The van der Waals surface area contributed by atoms with Gasteiger partial charge in [-0.2, -0.15) is 0 Å². The van der Waals surface area contributed by atoms with E-state index in [2.05, 4.69) is 16.2 Å². The van der Waals surface area contributed by atoms with Gasteiger partial charge in [0.2, 0.25) is 5.91 Å². The Morgan fingerprint density at radius 3 is 2.56 bits per heavy atom. The molecule has 1 saturated carbocycles. The Labute approximate surface area is 113 Å². The number of hydrogen-bond donors (Lipinski definition) is 3. The summed E-state index contributed by atoms with van der Waals surface area (Å²) < 4.78 is 5.17. The minimum atomic E-state index is -0.0463. The van der Waals surface area contributed by atoms with Crippen LogP contribution in [-0.4, -0.2) is 30.3 Å². The lowest BCUT2D eigenvalue weighted by Gasteiger charge is -2.24. The topological polar surface area (TPSA) is 62.4 Å². The van der Waals surface area contributed by atoms with Crippen LogP contribution in [0, 0.1) is 5.92 Å². The fourth-order valence-corrected chi connectivity index (χ4v) is 2.65. The molecule has 1 atom stereocenters. The molecule has 0 aromatic heterocycles. The SMILES string of the molecule is O=C(NNC(=S)NC1CCCCC1)C1CCOC1. The van der Waals surface area contributed by atoms with E-state index in [1.807, 2.05) is 0 Å². The van der Waals surface area contributed by atoms with Crippen molar-refractivity contribution in [1.82, 2.24) is 16.2 Å². The van der Waals surface area contributed by atoms with E-state index in [9.17, 15) is 4.79 Å². The molecule has 3 N–H and O–H groups in total. The lowest BCUT2D eigenvalue weighted by molar-refractivity contribution is -0.125. The number of nitrogens with one attached hydrogen (secondary N) is 3. The Morgan fingerprint density at radius 1 is 1.11 bits per heavy atom. The number of thiocarbonyl (C=S) groups is 1. The Bertz CT molecular complexity index is 300. The minimum Gasteiger partial charge on any atom is -0.381 e. The van der Waals surface area contributed by atoms with Crippen LogP contribution in [0.3, 0.4) is 0 Å². The van der Waals surface area contributed by atoms with E-state index in [0.717, 1.165) is 19.3 Å². The van der Waals surface area contributed by atoms with E-state index in [4.69, 9.17) is 17.0 Å². The molecule has 1 unspecified atom stereocenters. The largest absolute Gasteiger partial charge is 0.381 e. The van der Waals surface area contributed by atoms with Crippen molar-refractivity contribution in [3.63, 3.8) is 0 Å². The molecule has 0 bridgehead atoms. The van der Waals surface area contributed by atoms with Crippen LogP contribution < -0.4 is 16.2 Å². The quantitative estimate of drug-likeness (QED) is 0.513. The van der Waals surface area contributed by atoms with Gasteiger partial charge in [0.05, 0.1) is 12.5 Å². The van der Waals surface area contributed by atoms with Crippen molar-refractivity contribution in [2.24, 2.45) is 5.92 Å². The summed E-state index contributed by atoms with van der Waals surface area (Å²) in [6, 6.07) is 0.450. The van der Waals surface area contributed by atoms with Crippen LogP contribution >= 0.6 is 12.2 Å². The Kier molecular flexibility index (Phi) is 5.19. The smallest absolute Gasteiger partial charge is 0.243 e. The van der Waals surface area contributed by atoms with Crippen LogP contribution in [-0.2, 0) is 9.53 Å². The summed E-state index contributed by atoms with van der Waals surface area (Å²) in [7, 11) is 0. The van der Waals surface area contributed by atoms with E-state index in [-0.39, 0.29) is 11.8 Å². The van der Waals surface area contributed by atoms with Crippen molar-refractivity contribution in [3.8, 4) is 0 Å². The zero-order chi connectivity index (χ0) is 12.8. The lowest BCUT2D eigenvalue weighted by atomic mass is 9.96. The molecular weight excluding hydrogens is 250 g/mol. The maximum absolute atomic E-state index is 11.7. The Balaban J connectivity index is 1.63. The second-order valence-electron chi connectivity index (χ2n) is 4.98. The molecule has 6 heteroatoms. The summed E-state index contributed by atoms with van der Waals surface area (Å²) in [6.45, 7) is 1.18. The second-order valence-corrected chi connectivity index (χ2v) is 5.39. The fourth-order valence-electron chi connectivity index (χ4n) is 2.43. The molecule has 2 rings (SSSR count). The average Bonchev–Trinajstić information content (AvgIpc) is 2.91. The zero-order valence-electron chi connectivity index (χ0n) is 10.5. The van der Waals surface area contributed by atoms with E-state index >= 15 is 0 Å². The molecule has 1 aliphatic carbocycles. The number of carbonyl (C=O) groups excluding carboxylic acids is 1. The molecule has 0 radical (unpaired) electrons.